The Morgan fingerprint density at radius 2 is 1.88 bits per heavy atom. The number of hydrogen-bond donors (Lipinski definition) is 1. The lowest BCUT2D eigenvalue weighted by molar-refractivity contribution is -0.120. The first-order chi connectivity index (χ1) is 15.3. The molecule has 9 heteroatoms. The smallest absolute Gasteiger partial charge is 0.338 e. The Balaban J connectivity index is 1.87. The summed E-state index contributed by atoms with van der Waals surface area (Å²) in [7, 11) is 1.46. The van der Waals surface area contributed by atoms with Gasteiger partial charge in [0.15, 0.2) is 0 Å². The van der Waals surface area contributed by atoms with Crippen molar-refractivity contribution in [2.75, 3.05) is 23.9 Å². The first-order valence-corrected chi connectivity index (χ1v) is 10.7. The Bertz CT molecular complexity index is 1110. The van der Waals surface area contributed by atoms with Crippen molar-refractivity contribution in [3.63, 3.8) is 0 Å². The fourth-order valence-corrected chi connectivity index (χ4v) is 3.44. The van der Waals surface area contributed by atoms with Crippen molar-refractivity contribution in [2.45, 2.75) is 26.7 Å². The third-order valence-corrected chi connectivity index (χ3v) is 5.60. The number of methoxy groups -OCH3 is 1. The third-order valence-electron chi connectivity index (χ3n) is 4.84. The van der Waals surface area contributed by atoms with Gasteiger partial charge in [-0.05, 0) is 43.2 Å². The highest BCUT2D eigenvalue weighted by Crippen LogP contribution is 2.35. The number of carbonyl (C=O) groups excluding carboxylic acids is 3. The highest BCUT2D eigenvalue weighted by Gasteiger charge is 2.39. The van der Waals surface area contributed by atoms with E-state index < -0.39 is 17.8 Å². The van der Waals surface area contributed by atoms with Crippen LogP contribution in [0.2, 0.25) is 5.02 Å². The van der Waals surface area contributed by atoms with Gasteiger partial charge in [0.05, 0.1) is 30.7 Å². The molecular weight excluding hydrogens is 455 g/mol. The van der Waals surface area contributed by atoms with E-state index in [0.717, 1.165) is 23.3 Å². The van der Waals surface area contributed by atoms with Crippen LogP contribution in [-0.4, -0.2) is 31.5 Å². The predicted molar refractivity (Wildman–Crippen MR) is 123 cm³/mol. The lowest BCUT2D eigenvalue weighted by Gasteiger charge is -2.17. The molecule has 7 nitrogen and oxygen atoms in total. The third kappa shape index (κ3) is 4.74. The molecule has 1 aliphatic rings. The largest absolute Gasteiger partial charge is 0.495 e. The minimum atomic E-state index is -0.708. The number of ether oxygens (including phenoxy) is 2. The van der Waals surface area contributed by atoms with Gasteiger partial charge in [-0.15, -0.1) is 0 Å². The van der Waals surface area contributed by atoms with Crippen molar-refractivity contribution in [1.29, 1.82) is 0 Å². The zero-order chi connectivity index (χ0) is 23.4. The van der Waals surface area contributed by atoms with E-state index in [4.69, 9.17) is 32.7 Å². The number of unbranched alkanes of at least 4 members (excludes halogenated alkanes) is 1. The van der Waals surface area contributed by atoms with Crippen LogP contribution in [0.15, 0.2) is 47.1 Å². The molecule has 1 N–H and O–H groups in total. The van der Waals surface area contributed by atoms with Crippen molar-refractivity contribution in [3.05, 3.63) is 63.3 Å². The van der Waals surface area contributed by atoms with E-state index in [9.17, 15) is 14.4 Å². The standard InChI is InChI=1S/C23H22Cl2N2O5/c1-4-5-9-32-23(30)14-7-6-8-15(11-14)27-21(28)19(25)20(22(27)29)26-17-10-13(2)16(24)12-18(17)31-3/h6-8,10-12,26H,4-5,9H2,1-3H3. The van der Waals surface area contributed by atoms with Gasteiger partial charge in [-0.2, -0.15) is 0 Å². The molecule has 1 heterocycles. The highest BCUT2D eigenvalue weighted by molar-refractivity contribution is 6.53. The molecule has 0 spiro atoms. The number of amides is 2. The molecule has 0 saturated heterocycles. The van der Waals surface area contributed by atoms with Crippen LogP contribution in [0.4, 0.5) is 11.4 Å². The number of halogens is 2. The highest BCUT2D eigenvalue weighted by atomic mass is 35.5. The topological polar surface area (TPSA) is 84.9 Å². The Morgan fingerprint density at radius 3 is 2.56 bits per heavy atom. The van der Waals surface area contributed by atoms with Crippen LogP contribution in [0.3, 0.4) is 0 Å². The number of benzene rings is 2. The van der Waals surface area contributed by atoms with Gasteiger partial charge in [0.25, 0.3) is 11.8 Å². The second-order valence-corrected chi connectivity index (χ2v) is 7.89. The van der Waals surface area contributed by atoms with Crippen molar-refractivity contribution in [1.82, 2.24) is 0 Å². The number of aryl methyl sites for hydroxylation is 1. The van der Waals surface area contributed by atoms with E-state index in [1.165, 1.54) is 13.2 Å². The fourth-order valence-electron chi connectivity index (χ4n) is 3.07. The summed E-state index contributed by atoms with van der Waals surface area (Å²) in [4.78, 5) is 39.1. The maximum Gasteiger partial charge on any atom is 0.338 e. The summed E-state index contributed by atoms with van der Waals surface area (Å²) in [6.45, 7) is 4.08. The molecule has 0 unspecified atom stereocenters. The van der Waals surface area contributed by atoms with E-state index >= 15 is 0 Å². The molecular formula is C23H22Cl2N2O5. The average Bonchev–Trinajstić information content (AvgIpc) is 2.99. The number of rotatable bonds is 8. The summed E-state index contributed by atoms with van der Waals surface area (Å²) >= 11 is 12.4. The van der Waals surface area contributed by atoms with E-state index in [1.54, 1.807) is 37.3 Å². The van der Waals surface area contributed by atoms with Crippen LogP contribution < -0.4 is 15.0 Å². The zero-order valence-corrected chi connectivity index (χ0v) is 19.3. The van der Waals surface area contributed by atoms with Crippen LogP contribution >= 0.6 is 23.2 Å². The first kappa shape index (κ1) is 23.6. The molecule has 2 aromatic rings. The van der Waals surface area contributed by atoms with Crippen LogP contribution in [-0.2, 0) is 14.3 Å². The summed E-state index contributed by atoms with van der Waals surface area (Å²) < 4.78 is 10.5. The molecule has 0 aromatic heterocycles. The average molecular weight is 477 g/mol. The molecule has 3 rings (SSSR count). The summed E-state index contributed by atoms with van der Waals surface area (Å²) in [6.07, 6.45) is 1.64. The predicted octanol–water partition coefficient (Wildman–Crippen LogP) is 5.05. The summed E-state index contributed by atoms with van der Waals surface area (Å²) in [5.74, 6) is -1.52. The number of esters is 1. The van der Waals surface area contributed by atoms with Gasteiger partial charge in [-0.25, -0.2) is 9.69 Å². The van der Waals surface area contributed by atoms with E-state index in [0.29, 0.717) is 23.1 Å². The van der Waals surface area contributed by atoms with Crippen molar-refractivity contribution in [2.24, 2.45) is 0 Å². The number of carbonyl (C=O) groups is 3. The molecule has 2 amide bonds. The van der Waals surface area contributed by atoms with Gasteiger partial charge < -0.3 is 14.8 Å². The van der Waals surface area contributed by atoms with E-state index in [-0.39, 0.29) is 22.0 Å². The Kier molecular flexibility index (Phi) is 7.43. The number of imide groups is 1. The molecule has 0 aliphatic carbocycles. The van der Waals surface area contributed by atoms with E-state index in [1.807, 2.05) is 6.92 Å². The quantitative estimate of drug-likeness (QED) is 0.326. The zero-order valence-electron chi connectivity index (χ0n) is 17.8. The van der Waals surface area contributed by atoms with Crippen molar-refractivity contribution >= 4 is 52.4 Å². The minimum Gasteiger partial charge on any atom is -0.495 e. The maximum atomic E-state index is 13.1. The monoisotopic (exact) mass is 476 g/mol. The first-order valence-electron chi connectivity index (χ1n) is 9.95. The van der Waals surface area contributed by atoms with Gasteiger partial charge in [-0.1, -0.05) is 42.6 Å². The molecule has 0 atom stereocenters. The van der Waals surface area contributed by atoms with Gasteiger partial charge in [0, 0.05) is 11.1 Å². The second-order valence-electron chi connectivity index (χ2n) is 7.10. The fraction of sp³-hybridized carbons (Fsp3) is 0.261. The minimum absolute atomic E-state index is 0.104. The van der Waals surface area contributed by atoms with Gasteiger partial charge in [-0.3, -0.25) is 9.59 Å². The Hall–Kier alpha value is -3.03. The summed E-state index contributed by atoms with van der Waals surface area (Å²) in [6, 6.07) is 9.37. The summed E-state index contributed by atoms with van der Waals surface area (Å²) in [5, 5.41) is 3.10. The molecule has 0 saturated carbocycles. The molecule has 32 heavy (non-hydrogen) atoms. The van der Waals surface area contributed by atoms with Gasteiger partial charge >= 0.3 is 5.97 Å². The van der Waals surface area contributed by atoms with Crippen LogP contribution in [0.25, 0.3) is 0 Å². The van der Waals surface area contributed by atoms with E-state index in [2.05, 4.69) is 5.32 Å². The van der Waals surface area contributed by atoms with Crippen molar-refractivity contribution < 1.29 is 23.9 Å². The van der Waals surface area contributed by atoms with Crippen LogP contribution in [0.1, 0.15) is 35.7 Å². The Morgan fingerprint density at radius 1 is 1.12 bits per heavy atom. The number of nitrogens with zero attached hydrogens (tertiary/aromatic N) is 1. The van der Waals surface area contributed by atoms with Crippen molar-refractivity contribution in [3.8, 4) is 5.75 Å². The number of anilines is 2. The normalized spacial score (nSPS) is 13.6. The molecule has 168 valence electrons. The van der Waals surface area contributed by atoms with Gasteiger partial charge in [0.1, 0.15) is 16.5 Å². The molecule has 0 bridgehead atoms. The number of nitrogens with one attached hydrogen (secondary N) is 1. The van der Waals surface area contributed by atoms with Crippen LogP contribution in [0, 0.1) is 6.92 Å². The second kappa shape index (κ2) is 10.1. The molecule has 0 fully saturated rings. The van der Waals surface area contributed by atoms with Crippen LogP contribution in [0.5, 0.6) is 5.75 Å². The Labute approximate surface area is 195 Å². The van der Waals surface area contributed by atoms with Gasteiger partial charge in [0.2, 0.25) is 0 Å². The summed E-state index contributed by atoms with van der Waals surface area (Å²) in [5.41, 5.74) is 1.51. The lowest BCUT2D eigenvalue weighted by atomic mass is 10.2. The maximum absolute atomic E-state index is 13.1. The lowest BCUT2D eigenvalue weighted by Crippen LogP contribution is -2.32. The molecule has 0 radical (unpaired) electrons. The molecule has 2 aromatic carbocycles. The number of hydrogen-bond acceptors (Lipinski definition) is 6. The molecule has 1 aliphatic heterocycles. The SMILES string of the molecule is CCCCOC(=O)c1cccc(N2C(=O)C(Cl)=C(Nc3cc(C)c(Cl)cc3OC)C2=O)c1.